The topological polar surface area (TPSA) is 104 Å². The molecule has 0 spiro atoms. The molecule has 0 saturated carbocycles. The lowest BCUT2D eigenvalue weighted by molar-refractivity contribution is -0.0979. The van der Waals surface area contributed by atoms with Gasteiger partial charge in [0.05, 0.1) is 11.4 Å². The molecule has 1 aromatic carbocycles. The summed E-state index contributed by atoms with van der Waals surface area (Å²) in [4.78, 5) is 8.00. The van der Waals surface area contributed by atoms with Crippen LogP contribution < -0.4 is 17.6 Å². The predicted molar refractivity (Wildman–Crippen MR) is 55.1 cm³/mol. The van der Waals surface area contributed by atoms with E-state index >= 15 is 0 Å². The number of hydrogen-bond acceptors (Lipinski definition) is 4. The molecule has 0 aromatic heterocycles. The number of hydrogen-bond donors (Lipinski definition) is 3. The molecule has 5 heteroatoms. The first-order chi connectivity index (χ1) is 5.22. The van der Waals surface area contributed by atoms with E-state index in [0.29, 0.717) is 11.4 Å². The molecule has 4 nitrogen and oxygen atoms in total. The zero-order chi connectivity index (χ0) is 8.85. The van der Waals surface area contributed by atoms with Gasteiger partial charge in [-0.3, -0.25) is 0 Å². The maximum absolute atomic E-state index is 8.00. The van der Waals surface area contributed by atoms with Crippen LogP contribution in [-0.2, 0) is 4.79 Å². The predicted octanol–water partition coefficient (Wildman–Crippen LogP) is 1.59. The fourth-order valence-corrected chi connectivity index (χ4v) is 0.935. The lowest BCUT2D eigenvalue weighted by Crippen LogP contribution is -1.93. The average Bonchev–Trinajstić information content (AvgIpc) is 2.04. The molecule has 68 valence electrons. The van der Waals surface area contributed by atoms with Crippen LogP contribution in [-0.4, -0.2) is 6.79 Å². The van der Waals surface area contributed by atoms with Gasteiger partial charge in [-0.15, -0.1) is 0 Å². The molecule has 0 saturated heterocycles. The van der Waals surface area contributed by atoms with Gasteiger partial charge in [0.2, 0.25) is 0 Å². The van der Waals surface area contributed by atoms with Crippen LogP contribution in [0.4, 0.5) is 11.4 Å². The summed E-state index contributed by atoms with van der Waals surface area (Å²) in [5.41, 5.74) is 12.2. The molecule has 0 atom stereocenters. The fraction of sp³-hybridized carbons (Fsp3) is 0. The monoisotopic (exact) mass is 233 g/mol. The Morgan fingerprint density at radius 2 is 1.75 bits per heavy atom. The smallest absolute Gasteiger partial charge is 0.106 e. The van der Waals surface area contributed by atoms with Gasteiger partial charge < -0.3 is 22.4 Å². The van der Waals surface area contributed by atoms with Crippen LogP contribution in [0, 0.1) is 0 Å². The zero-order valence-electron chi connectivity index (χ0n) is 6.59. The van der Waals surface area contributed by atoms with Gasteiger partial charge in [0.25, 0.3) is 0 Å². The molecule has 0 bridgehead atoms. The zero-order valence-corrected chi connectivity index (χ0v) is 8.17. The summed E-state index contributed by atoms with van der Waals surface area (Å²) in [6.07, 6.45) is 0. The Morgan fingerprint density at radius 3 is 2.08 bits per heavy atom. The summed E-state index contributed by atoms with van der Waals surface area (Å²) in [6.45, 7) is 2.00. The van der Waals surface area contributed by atoms with Crippen LogP contribution in [0.2, 0.25) is 0 Å². The molecule has 0 aliphatic heterocycles. The van der Waals surface area contributed by atoms with Crippen LogP contribution in [0.3, 0.4) is 0 Å². The van der Waals surface area contributed by atoms with Crippen molar-refractivity contribution in [3.63, 3.8) is 0 Å². The third-order valence-electron chi connectivity index (χ3n) is 1.09. The van der Waals surface area contributed by atoms with Gasteiger partial charge in [-0.05, 0) is 28.1 Å². The number of halogens is 1. The van der Waals surface area contributed by atoms with E-state index in [0.717, 1.165) is 4.47 Å². The normalized spacial score (nSPS) is 7.42. The number of para-hydroxylation sites is 1. The van der Waals surface area contributed by atoms with E-state index in [2.05, 4.69) is 15.9 Å². The largest absolute Gasteiger partial charge is 0.397 e. The van der Waals surface area contributed by atoms with E-state index in [1.807, 2.05) is 18.9 Å². The van der Waals surface area contributed by atoms with Crippen molar-refractivity contribution in [3.8, 4) is 0 Å². The first kappa shape index (κ1) is 13.5. The van der Waals surface area contributed by atoms with E-state index in [1.165, 1.54) is 0 Å². The number of carbonyl (C=O) groups excluding carboxylic acids is 1. The Hall–Kier alpha value is -1.07. The van der Waals surface area contributed by atoms with Gasteiger partial charge in [0.1, 0.15) is 6.79 Å². The van der Waals surface area contributed by atoms with Crippen LogP contribution >= 0.6 is 15.9 Å². The molecular weight excluding hydrogens is 222 g/mol. The Balaban J connectivity index is 0. The Labute approximate surface area is 79.6 Å². The summed E-state index contributed by atoms with van der Waals surface area (Å²) in [6, 6.07) is 5.46. The number of anilines is 2. The molecule has 0 radical (unpaired) electrons. The molecule has 0 fully saturated rings. The first-order valence-corrected chi connectivity index (χ1v) is 3.59. The van der Waals surface area contributed by atoms with Gasteiger partial charge in [-0.1, -0.05) is 6.07 Å². The van der Waals surface area contributed by atoms with Crippen LogP contribution in [0.15, 0.2) is 22.7 Å². The highest BCUT2D eigenvalue weighted by Crippen LogP contribution is 2.23. The highest BCUT2D eigenvalue weighted by molar-refractivity contribution is 9.10. The summed E-state index contributed by atoms with van der Waals surface area (Å²) in [5.74, 6) is 0. The van der Waals surface area contributed by atoms with Crippen LogP contribution in [0.25, 0.3) is 0 Å². The van der Waals surface area contributed by atoms with Crippen molar-refractivity contribution in [2.75, 3.05) is 11.5 Å². The number of carbonyl (C=O) groups is 1. The van der Waals surface area contributed by atoms with E-state index < -0.39 is 0 Å². The molecule has 0 heterocycles. The summed E-state index contributed by atoms with van der Waals surface area (Å²) >= 11 is 3.24. The van der Waals surface area contributed by atoms with Crippen molar-refractivity contribution in [2.45, 2.75) is 0 Å². The van der Waals surface area contributed by atoms with Gasteiger partial charge in [-0.25, -0.2) is 0 Å². The maximum atomic E-state index is 8.00. The summed E-state index contributed by atoms with van der Waals surface area (Å²) in [5, 5.41) is 0. The first-order valence-electron chi connectivity index (χ1n) is 2.80. The van der Waals surface area contributed by atoms with Gasteiger partial charge >= 0.3 is 0 Å². The number of rotatable bonds is 0. The minimum absolute atomic E-state index is 0. The molecule has 1 rings (SSSR count). The van der Waals surface area contributed by atoms with Crippen molar-refractivity contribution in [2.24, 2.45) is 0 Å². The van der Waals surface area contributed by atoms with Gasteiger partial charge in [0, 0.05) is 4.47 Å². The van der Waals surface area contributed by atoms with Crippen molar-refractivity contribution in [1.82, 2.24) is 6.15 Å². The van der Waals surface area contributed by atoms with Crippen molar-refractivity contribution >= 4 is 34.1 Å². The second kappa shape index (κ2) is 6.63. The molecule has 0 amide bonds. The molecule has 0 unspecified atom stereocenters. The van der Waals surface area contributed by atoms with Crippen molar-refractivity contribution < 1.29 is 4.79 Å². The van der Waals surface area contributed by atoms with Crippen molar-refractivity contribution in [1.29, 1.82) is 0 Å². The number of nitrogens with two attached hydrogens (primary N) is 2. The molecule has 7 N–H and O–H groups in total. The van der Waals surface area contributed by atoms with E-state index in [4.69, 9.17) is 16.3 Å². The Morgan fingerprint density at radius 1 is 1.25 bits per heavy atom. The molecule has 1 aromatic rings. The molecule has 12 heavy (non-hydrogen) atoms. The summed E-state index contributed by atoms with van der Waals surface area (Å²) in [7, 11) is 0. The fourth-order valence-electron chi connectivity index (χ4n) is 0.554. The lowest BCUT2D eigenvalue weighted by Gasteiger charge is -1.99. The van der Waals surface area contributed by atoms with Gasteiger partial charge in [0.15, 0.2) is 0 Å². The van der Waals surface area contributed by atoms with E-state index in [9.17, 15) is 0 Å². The Bertz CT molecular complexity index is 222. The average molecular weight is 234 g/mol. The standard InChI is InChI=1S/C6H7BrN2.CH2O.H3N/c7-4-2-1-3-5(8)6(4)9;1-2;/h1-3H,8-9H2;1H2;1H3. The number of nitrogen functional groups attached to an aromatic ring is 2. The quantitative estimate of drug-likeness (QED) is 0.592. The molecule has 0 aliphatic rings. The lowest BCUT2D eigenvalue weighted by atomic mass is 10.3. The SMILES string of the molecule is C=O.N.Nc1cccc(Br)c1N. The maximum Gasteiger partial charge on any atom is 0.106 e. The molecular formula is C7H12BrN3O. The van der Waals surface area contributed by atoms with E-state index in [1.54, 1.807) is 6.07 Å². The third kappa shape index (κ3) is 3.36. The highest BCUT2D eigenvalue weighted by Gasteiger charge is 1.95. The Kier molecular flexibility index (Phi) is 7.47. The minimum atomic E-state index is 0. The van der Waals surface area contributed by atoms with Crippen molar-refractivity contribution in [3.05, 3.63) is 22.7 Å². The molecule has 0 aliphatic carbocycles. The number of benzene rings is 1. The van der Waals surface area contributed by atoms with Gasteiger partial charge in [-0.2, -0.15) is 0 Å². The second-order valence-electron chi connectivity index (χ2n) is 1.74. The van der Waals surface area contributed by atoms with Crippen LogP contribution in [0.5, 0.6) is 0 Å². The highest BCUT2D eigenvalue weighted by atomic mass is 79.9. The minimum Gasteiger partial charge on any atom is -0.397 e. The third-order valence-corrected chi connectivity index (χ3v) is 1.78. The summed E-state index contributed by atoms with van der Waals surface area (Å²) < 4.78 is 0.850. The van der Waals surface area contributed by atoms with E-state index in [-0.39, 0.29) is 6.15 Å². The second-order valence-corrected chi connectivity index (χ2v) is 2.60. The van der Waals surface area contributed by atoms with Crippen LogP contribution in [0.1, 0.15) is 0 Å².